The van der Waals surface area contributed by atoms with Crippen LogP contribution in [0, 0.1) is 6.92 Å². The van der Waals surface area contributed by atoms with Crippen molar-refractivity contribution in [2.24, 2.45) is 5.73 Å². The van der Waals surface area contributed by atoms with Crippen LogP contribution in [0.25, 0.3) is 0 Å². The first-order valence-electron chi connectivity index (χ1n) is 4.32. The minimum absolute atomic E-state index is 0.290. The first kappa shape index (κ1) is 12.8. The molecule has 1 atom stereocenters. The predicted molar refractivity (Wildman–Crippen MR) is 55.9 cm³/mol. The van der Waals surface area contributed by atoms with Crippen LogP contribution in [0.4, 0.5) is 13.2 Å². The van der Waals surface area contributed by atoms with E-state index in [9.17, 15) is 17.4 Å². The number of nitrogens with two attached hydrogens (primary N) is 1. The maximum absolute atomic E-state index is 12.1. The highest BCUT2D eigenvalue weighted by Gasteiger charge is 2.31. The molecular formula is C10H10F3NOS. The summed E-state index contributed by atoms with van der Waals surface area (Å²) in [5.41, 5.74) is 4.36. The first-order valence-corrected chi connectivity index (χ1v) is 5.54. The molecule has 0 aromatic heterocycles. The van der Waals surface area contributed by atoms with Gasteiger partial charge in [0.25, 0.3) is 0 Å². The zero-order chi connectivity index (χ0) is 12.3. The zero-order valence-electron chi connectivity index (χ0n) is 8.41. The van der Waals surface area contributed by atoms with Crippen molar-refractivity contribution in [2.45, 2.75) is 18.0 Å². The maximum Gasteiger partial charge on any atom is 0.431 e. The molecule has 2 N–H and O–H groups in total. The lowest BCUT2D eigenvalue weighted by atomic mass is 10.2. The number of aryl methyl sites for hydroxylation is 1. The van der Waals surface area contributed by atoms with Gasteiger partial charge in [0.15, 0.2) is 0 Å². The lowest BCUT2D eigenvalue weighted by molar-refractivity contribution is -0.0924. The van der Waals surface area contributed by atoms with E-state index in [2.05, 4.69) is 0 Å². The van der Waals surface area contributed by atoms with Crippen LogP contribution in [0.3, 0.4) is 0 Å². The predicted octanol–water partition coefficient (Wildman–Crippen LogP) is 2.47. The normalized spacial score (nSPS) is 14.9. The second-order valence-electron chi connectivity index (χ2n) is 3.18. The highest BCUT2D eigenvalue weighted by Crippen LogP contribution is 2.22. The third-order valence-electron chi connectivity index (χ3n) is 1.81. The van der Waals surface area contributed by atoms with E-state index < -0.39 is 22.7 Å². The lowest BCUT2D eigenvalue weighted by Crippen LogP contribution is -2.19. The van der Waals surface area contributed by atoms with Crippen molar-refractivity contribution < 1.29 is 17.4 Å². The van der Waals surface area contributed by atoms with Crippen LogP contribution in [0.5, 0.6) is 0 Å². The van der Waals surface area contributed by atoms with Gasteiger partial charge in [-0.05, 0) is 19.1 Å². The molecule has 16 heavy (non-hydrogen) atoms. The van der Waals surface area contributed by atoms with Crippen molar-refractivity contribution in [3.63, 3.8) is 0 Å². The van der Waals surface area contributed by atoms with Crippen LogP contribution >= 0.6 is 0 Å². The van der Waals surface area contributed by atoms with Crippen molar-refractivity contribution in [1.82, 2.24) is 0 Å². The maximum atomic E-state index is 12.1. The van der Waals surface area contributed by atoms with Crippen LogP contribution in [0.1, 0.15) is 5.56 Å². The fourth-order valence-electron chi connectivity index (χ4n) is 0.923. The monoisotopic (exact) mass is 249 g/mol. The average Bonchev–Trinajstić information content (AvgIpc) is 2.17. The molecule has 1 aromatic rings. The van der Waals surface area contributed by atoms with E-state index in [4.69, 9.17) is 5.73 Å². The minimum atomic E-state index is -4.64. The highest BCUT2D eigenvalue weighted by molar-refractivity contribution is 7.88. The Hall–Kier alpha value is -1.30. The van der Waals surface area contributed by atoms with Crippen LogP contribution in [0.2, 0.25) is 0 Å². The summed E-state index contributed by atoms with van der Waals surface area (Å²) in [6, 6.07) is 6.35. The number of halogens is 3. The van der Waals surface area contributed by atoms with Crippen LogP contribution in [-0.4, -0.2) is 10.4 Å². The number of alkyl halides is 3. The summed E-state index contributed by atoms with van der Waals surface area (Å²) in [6.07, 6.45) is -4.64. The fraction of sp³-hybridized carbons (Fsp3) is 0.200. The Labute approximate surface area is 93.4 Å². The molecule has 0 spiro atoms. The van der Waals surface area contributed by atoms with Gasteiger partial charge in [-0.3, -0.25) is 0 Å². The van der Waals surface area contributed by atoms with Gasteiger partial charge in [0, 0.05) is 10.3 Å². The van der Waals surface area contributed by atoms with E-state index in [0.29, 0.717) is 5.41 Å². The standard InChI is InChI=1S/C10H10F3NOS/c1-7-2-4-8(5-3-7)16(15)6-9(14)10(11,12)13/h2-6H,14H2,1H3/b9-6-/t16-/m1/s1. The third-order valence-corrected chi connectivity index (χ3v) is 3.02. The summed E-state index contributed by atoms with van der Waals surface area (Å²) >= 11 is 0. The van der Waals surface area contributed by atoms with E-state index in [1.54, 1.807) is 12.1 Å². The Morgan fingerprint density at radius 3 is 2.25 bits per heavy atom. The molecule has 1 rings (SSSR count). The molecular weight excluding hydrogens is 239 g/mol. The first-order chi connectivity index (χ1) is 7.30. The molecule has 1 aromatic carbocycles. The molecule has 88 valence electrons. The number of benzene rings is 1. The topological polar surface area (TPSA) is 43.1 Å². The van der Waals surface area contributed by atoms with E-state index in [1.165, 1.54) is 12.1 Å². The van der Waals surface area contributed by atoms with Crippen molar-refractivity contribution in [3.05, 3.63) is 40.9 Å². The van der Waals surface area contributed by atoms with E-state index in [0.717, 1.165) is 5.56 Å². The molecule has 6 heteroatoms. The summed E-state index contributed by atoms with van der Waals surface area (Å²) in [5.74, 6) is 0. The summed E-state index contributed by atoms with van der Waals surface area (Å²) in [7, 11) is -1.88. The molecule has 0 fully saturated rings. The second-order valence-corrected chi connectivity index (χ2v) is 4.48. The Kier molecular flexibility index (Phi) is 3.74. The fourth-order valence-corrected chi connectivity index (χ4v) is 1.83. The van der Waals surface area contributed by atoms with Gasteiger partial charge in [-0.15, -0.1) is 0 Å². The van der Waals surface area contributed by atoms with Crippen molar-refractivity contribution in [2.75, 3.05) is 0 Å². The van der Waals surface area contributed by atoms with Crippen molar-refractivity contribution >= 4 is 10.8 Å². The van der Waals surface area contributed by atoms with Gasteiger partial charge in [-0.2, -0.15) is 13.2 Å². The van der Waals surface area contributed by atoms with Gasteiger partial charge in [-0.25, -0.2) is 4.21 Å². The zero-order valence-corrected chi connectivity index (χ0v) is 9.23. The van der Waals surface area contributed by atoms with E-state index in [-0.39, 0.29) is 4.90 Å². The molecule has 2 nitrogen and oxygen atoms in total. The summed E-state index contributed by atoms with van der Waals surface area (Å²) < 4.78 is 47.7. The second kappa shape index (κ2) is 4.69. The number of rotatable bonds is 2. The van der Waals surface area contributed by atoms with Gasteiger partial charge in [-0.1, -0.05) is 17.7 Å². The molecule has 0 bridgehead atoms. The molecule has 0 unspecified atom stereocenters. The molecule has 0 saturated heterocycles. The Bertz CT molecular complexity index is 423. The van der Waals surface area contributed by atoms with Crippen molar-refractivity contribution in [3.8, 4) is 0 Å². The van der Waals surface area contributed by atoms with Gasteiger partial charge in [0.05, 0.1) is 10.8 Å². The Morgan fingerprint density at radius 2 is 1.81 bits per heavy atom. The summed E-state index contributed by atoms with van der Waals surface area (Å²) in [5, 5.41) is 0.505. The molecule has 0 aliphatic rings. The Balaban J connectivity index is 2.92. The van der Waals surface area contributed by atoms with E-state index in [1.807, 2.05) is 6.92 Å². The summed E-state index contributed by atoms with van der Waals surface area (Å²) in [4.78, 5) is 0.290. The molecule has 0 saturated carbocycles. The Morgan fingerprint density at radius 1 is 1.31 bits per heavy atom. The number of hydrogen-bond donors (Lipinski definition) is 1. The number of allylic oxidation sites excluding steroid dienone is 1. The van der Waals surface area contributed by atoms with Gasteiger partial charge < -0.3 is 5.73 Å². The summed E-state index contributed by atoms with van der Waals surface area (Å²) in [6.45, 7) is 1.83. The average molecular weight is 249 g/mol. The quantitative estimate of drug-likeness (QED) is 0.875. The molecule has 0 amide bonds. The van der Waals surface area contributed by atoms with Crippen LogP contribution in [0.15, 0.2) is 40.3 Å². The van der Waals surface area contributed by atoms with Crippen LogP contribution in [-0.2, 0) is 10.8 Å². The largest absolute Gasteiger partial charge is 0.431 e. The highest BCUT2D eigenvalue weighted by atomic mass is 32.2. The van der Waals surface area contributed by atoms with Crippen LogP contribution < -0.4 is 5.73 Å². The van der Waals surface area contributed by atoms with Gasteiger partial charge in [0.1, 0.15) is 5.70 Å². The molecule has 0 aliphatic carbocycles. The number of hydrogen-bond acceptors (Lipinski definition) is 2. The van der Waals surface area contributed by atoms with E-state index >= 15 is 0 Å². The van der Waals surface area contributed by atoms with Gasteiger partial charge in [0.2, 0.25) is 0 Å². The van der Waals surface area contributed by atoms with Gasteiger partial charge >= 0.3 is 6.18 Å². The molecule has 0 radical (unpaired) electrons. The SMILES string of the molecule is Cc1ccc([S@](=O)/C=C(\N)C(F)(F)F)cc1. The minimum Gasteiger partial charge on any atom is -0.394 e. The third kappa shape index (κ3) is 3.37. The smallest absolute Gasteiger partial charge is 0.394 e. The lowest BCUT2D eigenvalue weighted by Gasteiger charge is -2.05. The van der Waals surface area contributed by atoms with Crippen molar-refractivity contribution in [1.29, 1.82) is 0 Å². The molecule has 0 aliphatic heterocycles. The molecule has 0 heterocycles.